The highest BCUT2D eigenvalue weighted by molar-refractivity contribution is 5.90. The van der Waals surface area contributed by atoms with E-state index < -0.39 is 0 Å². The predicted molar refractivity (Wildman–Crippen MR) is 71.3 cm³/mol. The second-order valence-electron chi connectivity index (χ2n) is 5.71. The quantitative estimate of drug-likeness (QED) is 0.309. The van der Waals surface area contributed by atoms with Gasteiger partial charge in [0.25, 0.3) is 0 Å². The van der Waals surface area contributed by atoms with Gasteiger partial charge in [-0.05, 0) is 37.5 Å². The molecule has 1 atom stereocenters. The first-order chi connectivity index (χ1) is 8.45. The zero-order chi connectivity index (χ0) is 13.7. The van der Waals surface area contributed by atoms with Gasteiger partial charge in [-0.3, -0.25) is 4.79 Å². The smallest absolute Gasteiger partial charge is 0.223 e. The van der Waals surface area contributed by atoms with E-state index in [-0.39, 0.29) is 29.6 Å². The van der Waals surface area contributed by atoms with Crippen molar-refractivity contribution >= 4 is 11.7 Å². The maximum atomic E-state index is 12.1. The van der Waals surface area contributed by atoms with Crippen molar-refractivity contribution in [2.45, 2.75) is 52.5 Å². The van der Waals surface area contributed by atoms with E-state index in [0.717, 1.165) is 31.6 Å². The second-order valence-corrected chi connectivity index (χ2v) is 5.71. The van der Waals surface area contributed by atoms with Crippen LogP contribution in [0.25, 0.3) is 0 Å². The molecule has 1 rings (SSSR count). The van der Waals surface area contributed by atoms with Gasteiger partial charge in [0, 0.05) is 5.92 Å². The van der Waals surface area contributed by atoms with Crippen LogP contribution in [0.4, 0.5) is 0 Å². The molecule has 4 N–H and O–H groups in total. The molecule has 1 aliphatic rings. The fourth-order valence-electron chi connectivity index (χ4n) is 2.44. The molecule has 0 radical (unpaired) electrons. The summed E-state index contributed by atoms with van der Waals surface area (Å²) in [5.41, 5.74) is 5.60. The van der Waals surface area contributed by atoms with Crippen molar-refractivity contribution in [3.05, 3.63) is 0 Å². The summed E-state index contributed by atoms with van der Waals surface area (Å²) in [5.74, 6) is 1.01. The van der Waals surface area contributed by atoms with Gasteiger partial charge in [0.15, 0.2) is 5.84 Å². The number of rotatable bonds is 4. The number of oxime groups is 1. The van der Waals surface area contributed by atoms with E-state index in [1.807, 2.05) is 13.8 Å². The van der Waals surface area contributed by atoms with Crippen LogP contribution in [-0.4, -0.2) is 23.0 Å². The van der Waals surface area contributed by atoms with Crippen LogP contribution < -0.4 is 11.1 Å². The van der Waals surface area contributed by atoms with Crippen molar-refractivity contribution in [2.75, 3.05) is 0 Å². The van der Waals surface area contributed by atoms with E-state index in [4.69, 9.17) is 10.9 Å². The Balaban J connectivity index is 2.56. The van der Waals surface area contributed by atoms with Gasteiger partial charge in [-0.1, -0.05) is 25.9 Å². The van der Waals surface area contributed by atoms with Crippen LogP contribution in [0.1, 0.15) is 46.5 Å². The van der Waals surface area contributed by atoms with Gasteiger partial charge in [0.2, 0.25) is 5.91 Å². The average molecular weight is 255 g/mol. The Kier molecular flexibility index (Phi) is 5.44. The lowest BCUT2D eigenvalue weighted by Crippen LogP contribution is -2.50. The largest absolute Gasteiger partial charge is 0.409 e. The third-order valence-electron chi connectivity index (χ3n) is 3.79. The highest BCUT2D eigenvalue weighted by atomic mass is 16.4. The first kappa shape index (κ1) is 14.8. The standard InChI is InChI=1S/C13H25N3O2/c1-8(2)11(12(14)16-18)15-13(17)10-6-4-9(3)5-7-10/h8-11,18H,4-7H2,1-3H3,(H2,14,16)(H,15,17). The van der Waals surface area contributed by atoms with Crippen molar-refractivity contribution < 1.29 is 10.0 Å². The van der Waals surface area contributed by atoms with Crippen LogP contribution in [0.3, 0.4) is 0 Å². The number of nitrogens with one attached hydrogen (secondary N) is 1. The predicted octanol–water partition coefficient (Wildman–Crippen LogP) is 1.70. The van der Waals surface area contributed by atoms with Crippen molar-refractivity contribution in [1.29, 1.82) is 0 Å². The van der Waals surface area contributed by atoms with Crippen molar-refractivity contribution in [2.24, 2.45) is 28.6 Å². The zero-order valence-corrected chi connectivity index (χ0v) is 11.5. The molecule has 0 saturated heterocycles. The van der Waals surface area contributed by atoms with Gasteiger partial charge >= 0.3 is 0 Å². The van der Waals surface area contributed by atoms with E-state index in [0.29, 0.717) is 0 Å². The number of carbonyl (C=O) groups excluding carboxylic acids is 1. The summed E-state index contributed by atoms with van der Waals surface area (Å²) in [6, 6.07) is -0.387. The molecule has 5 nitrogen and oxygen atoms in total. The number of amides is 1. The van der Waals surface area contributed by atoms with Gasteiger partial charge in [0.05, 0.1) is 6.04 Å². The molecule has 0 aromatic carbocycles. The van der Waals surface area contributed by atoms with Crippen molar-refractivity contribution in [3.8, 4) is 0 Å². The molecule has 104 valence electrons. The molecule has 18 heavy (non-hydrogen) atoms. The lowest BCUT2D eigenvalue weighted by molar-refractivity contribution is -0.126. The molecular weight excluding hydrogens is 230 g/mol. The van der Waals surface area contributed by atoms with Crippen LogP contribution in [0, 0.1) is 17.8 Å². The summed E-state index contributed by atoms with van der Waals surface area (Å²) in [5, 5.41) is 14.6. The zero-order valence-electron chi connectivity index (χ0n) is 11.5. The molecule has 1 fully saturated rings. The molecule has 0 bridgehead atoms. The Bertz CT molecular complexity index is 307. The van der Waals surface area contributed by atoms with Crippen LogP contribution in [0.15, 0.2) is 5.16 Å². The van der Waals surface area contributed by atoms with E-state index in [9.17, 15) is 4.79 Å². The second kappa shape index (κ2) is 6.61. The number of nitrogens with zero attached hydrogens (tertiary/aromatic N) is 1. The highest BCUT2D eigenvalue weighted by Crippen LogP contribution is 2.28. The first-order valence-electron chi connectivity index (χ1n) is 6.73. The van der Waals surface area contributed by atoms with E-state index in [2.05, 4.69) is 17.4 Å². The van der Waals surface area contributed by atoms with Crippen LogP contribution in [0.2, 0.25) is 0 Å². The molecule has 0 aliphatic heterocycles. The maximum absolute atomic E-state index is 12.1. The van der Waals surface area contributed by atoms with Gasteiger partial charge in [-0.2, -0.15) is 0 Å². The molecule has 5 heteroatoms. The summed E-state index contributed by atoms with van der Waals surface area (Å²) in [6.45, 7) is 6.10. The molecule has 0 aromatic rings. The lowest BCUT2D eigenvalue weighted by Gasteiger charge is -2.28. The number of amidine groups is 1. The summed E-state index contributed by atoms with van der Waals surface area (Å²) in [7, 11) is 0. The normalized spacial score (nSPS) is 27.0. The molecule has 1 aliphatic carbocycles. The Morgan fingerprint density at radius 3 is 2.33 bits per heavy atom. The number of carbonyl (C=O) groups is 1. The Morgan fingerprint density at radius 2 is 1.89 bits per heavy atom. The van der Waals surface area contributed by atoms with Crippen LogP contribution in [-0.2, 0) is 4.79 Å². The molecule has 0 heterocycles. The van der Waals surface area contributed by atoms with E-state index in [1.54, 1.807) is 0 Å². The minimum Gasteiger partial charge on any atom is -0.409 e. The topological polar surface area (TPSA) is 87.7 Å². The van der Waals surface area contributed by atoms with Crippen LogP contribution in [0.5, 0.6) is 0 Å². The monoisotopic (exact) mass is 255 g/mol. The highest BCUT2D eigenvalue weighted by Gasteiger charge is 2.28. The van der Waals surface area contributed by atoms with Gasteiger partial charge in [-0.25, -0.2) is 0 Å². The maximum Gasteiger partial charge on any atom is 0.223 e. The fraction of sp³-hybridized carbons (Fsp3) is 0.846. The van der Waals surface area contributed by atoms with Gasteiger partial charge in [-0.15, -0.1) is 0 Å². The Labute approximate surface area is 109 Å². The summed E-state index contributed by atoms with van der Waals surface area (Å²) in [4.78, 5) is 12.1. The average Bonchev–Trinajstić information content (AvgIpc) is 2.35. The molecule has 0 aromatic heterocycles. The minimum atomic E-state index is -0.387. The third kappa shape index (κ3) is 3.89. The van der Waals surface area contributed by atoms with Crippen molar-refractivity contribution in [1.82, 2.24) is 5.32 Å². The molecule has 1 saturated carbocycles. The molecule has 1 amide bonds. The van der Waals surface area contributed by atoms with Gasteiger partial charge in [0.1, 0.15) is 0 Å². The summed E-state index contributed by atoms with van der Waals surface area (Å²) < 4.78 is 0. The molecule has 1 unspecified atom stereocenters. The Hall–Kier alpha value is -1.26. The fourth-order valence-corrected chi connectivity index (χ4v) is 2.44. The third-order valence-corrected chi connectivity index (χ3v) is 3.79. The summed E-state index contributed by atoms with van der Waals surface area (Å²) >= 11 is 0. The molecule has 0 spiro atoms. The van der Waals surface area contributed by atoms with Crippen molar-refractivity contribution in [3.63, 3.8) is 0 Å². The SMILES string of the molecule is CC1CCC(C(=O)NC(C(N)=NO)C(C)C)CC1. The molecular formula is C13H25N3O2. The number of hydrogen-bond acceptors (Lipinski definition) is 3. The van der Waals surface area contributed by atoms with E-state index in [1.165, 1.54) is 0 Å². The minimum absolute atomic E-state index is 0.0344. The summed E-state index contributed by atoms with van der Waals surface area (Å²) in [6.07, 6.45) is 4.09. The lowest BCUT2D eigenvalue weighted by atomic mass is 9.82. The first-order valence-corrected chi connectivity index (χ1v) is 6.73. The van der Waals surface area contributed by atoms with E-state index >= 15 is 0 Å². The number of nitrogens with two attached hydrogens (primary N) is 1. The Morgan fingerprint density at radius 1 is 1.33 bits per heavy atom. The number of hydrogen-bond donors (Lipinski definition) is 3. The van der Waals surface area contributed by atoms with Crippen LogP contribution >= 0.6 is 0 Å². The van der Waals surface area contributed by atoms with Gasteiger partial charge < -0.3 is 16.3 Å².